The predicted molar refractivity (Wildman–Crippen MR) is 214 cm³/mol. The Hall–Kier alpha value is -4.29. The summed E-state index contributed by atoms with van der Waals surface area (Å²) in [6.07, 6.45) is 10.5. The molecular weight excluding hydrogens is 875 g/mol. The molecule has 4 nitrogen and oxygen atoms in total. The maximum atomic E-state index is 6.04. The van der Waals surface area contributed by atoms with Gasteiger partial charge in [-0.3, -0.25) is 4.98 Å². The quantitative estimate of drug-likeness (QED) is 0.123. The molecule has 0 aliphatic heterocycles. The first-order valence-electron chi connectivity index (χ1n) is 18.3. The summed E-state index contributed by atoms with van der Waals surface area (Å²) < 4.78 is 9.81. The number of rotatable bonds is 6. The maximum Gasteiger partial charge on any atom is 0.123 e. The summed E-state index contributed by atoms with van der Waals surface area (Å²) in [5.74, 6) is 9.18. The number of benzene rings is 5. The van der Waals surface area contributed by atoms with Gasteiger partial charge in [0, 0.05) is 25.8 Å². The number of nitrogens with zero attached hydrogens (tertiary/aromatic N) is 3. The number of aromatic nitrogens is 3. The first kappa shape index (κ1) is 36.1. The van der Waals surface area contributed by atoms with Crippen LogP contribution in [0, 0.1) is 18.1 Å². The van der Waals surface area contributed by atoms with Gasteiger partial charge in [0.25, 0.3) is 0 Å². The molecule has 1 fully saturated rings. The Morgan fingerprint density at radius 1 is 0.769 bits per heavy atom. The monoisotopic (exact) mass is 920 g/mol. The second kappa shape index (κ2) is 15.8. The molecule has 3 aromatic heterocycles. The second-order valence-electron chi connectivity index (χ2n) is 14.8. The summed E-state index contributed by atoms with van der Waals surface area (Å²) in [7, 11) is 0. The number of furan rings is 1. The molecule has 0 spiro atoms. The molecule has 8 aromatic rings. The van der Waals surface area contributed by atoms with Crippen molar-refractivity contribution in [1.29, 1.82) is 0 Å². The summed E-state index contributed by atoms with van der Waals surface area (Å²) in [6.45, 7) is 0. The third-order valence-electron chi connectivity index (χ3n) is 10.1. The van der Waals surface area contributed by atoms with E-state index in [2.05, 4.69) is 94.8 Å². The van der Waals surface area contributed by atoms with E-state index in [-0.39, 0.29) is 20.1 Å². The molecule has 3 heterocycles. The first-order valence-corrected chi connectivity index (χ1v) is 25.6. The van der Waals surface area contributed by atoms with Crippen LogP contribution >= 0.6 is 0 Å². The van der Waals surface area contributed by atoms with Crippen molar-refractivity contribution in [3.05, 3.63) is 145 Å². The minimum Gasteiger partial charge on any atom is -0.477 e. The van der Waals surface area contributed by atoms with Crippen LogP contribution in [0.15, 0.2) is 132 Å². The number of para-hydroxylation sites is 4. The van der Waals surface area contributed by atoms with Gasteiger partial charge in [-0.2, -0.15) is 0 Å². The Bertz CT molecular complexity index is 2420. The van der Waals surface area contributed by atoms with Crippen LogP contribution in [0.1, 0.15) is 37.7 Å². The van der Waals surface area contributed by atoms with Gasteiger partial charge in [-0.05, 0) is 35.7 Å². The molecule has 0 bridgehead atoms. The molecule has 6 heteroatoms. The third kappa shape index (κ3) is 7.59. The van der Waals surface area contributed by atoms with E-state index in [1.165, 1.54) is 38.5 Å². The molecule has 263 valence electrons. The summed E-state index contributed by atoms with van der Waals surface area (Å²) in [5.41, 5.74) is 9.42. The van der Waals surface area contributed by atoms with Crippen molar-refractivity contribution in [1.82, 2.24) is 14.5 Å². The Morgan fingerprint density at radius 3 is 2.31 bits per heavy atom. The molecule has 9 rings (SSSR count). The smallest absolute Gasteiger partial charge is 0.123 e. The zero-order chi connectivity index (χ0) is 34.8. The fourth-order valence-electron chi connectivity index (χ4n) is 7.57. The van der Waals surface area contributed by atoms with Crippen LogP contribution in [0.25, 0.3) is 61.3 Å². The summed E-state index contributed by atoms with van der Waals surface area (Å²) >= 11 is -1.89. The number of pyridine rings is 1. The van der Waals surface area contributed by atoms with Gasteiger partial charge in [0.05, 0.1) is 22.4 Å². The normalized spacial score (nSPS) is 13.5. The molecule has 52 heavy (non-hydrogen) atoms. The van der Waals surface area contributed by atoms with Gasteiger partial charge in [0.2, 0.25) is 0 Å². The van der Waals surface area contributed by atoms with Gasteiger partial charge in [-0.25, -0.2) is 0 Å². The van der Waals surface area contributed by atoms with E-state index < -0.39 is 13.3 Å². The molecular formula is C46H43GeIrN3O-2. The average molecular weight is 919 g/mol. The van der Waals surface area contributed by atoms with Crippen molar-refractivity contribution in [3.63, 3.8) is 0 Å². The SMILES string of the molecule is [CH3][Ge]([CH3])([CH3])[c]1cnc(-c2[c-]cccc2)cc1CC1CCCCC1.[Ir].[c-]1c(-c2nc3ccccc3n2-c2ccccc2)ccc2c1oc1ccccc12. The standard InChI is InChI=1S/C25H15N2O.C21H28GeN.Ir/c1-2-8-18(9-3-1)27-22-12-6-5-11-21(22)26-25(27)17-14-15-20-19-10-4-7-13-23(19)28-24(20)16-17;1-22(2,3)20-16-23-21(18-12-8-5-9-13-18)15-19(20)14-17-10-6-4-7-11-17;/h1-15H;5,8-9,12,15-17H,4,6-7,10-11,14H2,1-3H3;/q2*-1;. The fraction of sp³-hybridized carbons (Fsp3) is 0.217. The van der Waals surface area contributed by atoms with E-state index in [4.69, 9.17) is 14.4 Å². The Balaban J connectivity index is 0.000000162. The van der Waals surface area contributed by atoms with E-state index in [0.29, 0.717) is 0 Å². The van der Waals surface area contributed by atoms with Crippen LogP contribution in [0.4, 0.5) is 0 Å². The second-order valence-corrected chi connectivity index (χ2v) is 25.3. The third-order valence-corrected chi connectivity index (χ3v) is 14.5. The number of hydrogen-bond acceptors (Lipinski definition) is 3. The van der Waals surface area contributed by atoms with Crippen molar-refractivity contribution < 1.29 is 24.5 Å². The van der Waals surface area contributed by atoms with Crippen LogP contribution in [0.5, 0.6) is 0 Å². The molecule has 1 saturated carbocycles. The van der Waals surface area contributed by atoms with E-state index >= 15 is 0 Å². The molecule has 0 unspecified atom stereocenters. The van der Waals surface area contributed by atoms with Crippen LogP contribution in [0.2, 0.25) is 17.3 Å². The molecule has 1 aliphatic rings. The van der Waals surface area contributed by atoms with Gasteiger partial charge in [0.15, 0.2) is 0 Å². The maximum absolute atomic E-state index is 6.04. The van der Waals surface area contributed by atoms with Gasteiger partial charge in [-0.15, -0.1) is 17.7 Å². The average Bonchev–Trinajstić information content (AvgIpc) is 3.74. The minimum atomic E-state index is -1.89. The van der Waals surface area contributed by atoms with Crippen molar-refractivity contribution in [3.8, 4) is 28.3 Å². The van der Waals surface area contributed by atoms with Crippen molar-refractivity contribution in [2.75, 3.05) is 0 Å². The van der Waals surface area contributed by atoms with Crippen LogP contribution in [0.3, 0.4) is 0 Å². The van der Waals surface area contributed by atoms with Crippen LogP contribution in [-0.2, 0) is 26.5 Å². The van der Waals surface area contributed by atoms with E-state index in [9.17, 15) is 0 Å². The van der Waals surface area contributed by atoms with Crippen LogP contribution in [-0.4, -0.2) is 27.8 Å². The molecule has 1 radical (unpaired) electrons. The summed E-state index contributed by atoms with van der Waals surface area (Å²) in [5, 5.41) is 2.18. The zero-order valence-electron chi connectivity index (χ0n) is 30.0. The predicted octanol–water partition coefficient (Wildman–Crippen LogP) is 11.6. The van der Waals surface area contributed by atoms with Gasteiger partial charge < -0.3 is 8.98 Å². The van der Waals surface area contributed by atoms with Crippen molar-refractivity contribution >= 4 is 50.6 Å². The van der Waals surface area contributed by atoms with Crippen LogP contribution < -0.4 is 4.40 Å². The molecule has 0 saturated heterocycles. The first-order chi connectivity index (χ1) is 24.9. The van der Waals surface area contributed by atoms with Gasteiger partial charge in [0.1, 0.15) is 5.58 Å². The van der Waals surface area contributed by atoms with Gasteiger partial charge in [-0.1, -0.05) is 60.0 Å². The minimum absolute atomic E-state index is 0. The van der Waals surface area contributed by atoms with E-state index in [1.807, 2.05) is 66.7 Å². The van der Waals surface area contributed by atoms with Crippen molar-refractivity contribution in [2.45, 2.75) is 55.8 Å². The Kier molecular flexibility index (Phi) is 10.9. The molecule has 5 aromatic carbocycles. The molecule has 0 amide bonds. The number of hydrogen-bond donors (Lipinski definition) is 0. The number of imidazole rings is 1. The van der Waals surface area contributed by atoms with E-state index in [0.717, 1.165) is 67.2 Å². The van der Waals surface area contributed by atoms with E-state index in [1.54, 1.807) is 9.96 Å². The number of fused-ring (bicyclic) bond motifs is 4. The van der Waals surface area contributed by atoms with Crippen molar-refractivity contribution in [2.24, 2.45) is 5.92 Å². The fourth-order valence-corrected chi connectivity index (χ4v) is 10.9. The Morgan fingerprint density at radius 2 is 1.52 bits per heavy atom. The Labute approximate surface area is 323 Å². The summed E-state index contributed by atoms with van der Waals surface area (Å²) in [4.78, 5) is 9.69. The van der Waals surface area contributed by atoms with Gasteiger partial charge >= 0.3 is 144 Å². The largest absolute Gasteiger partial charge is 0.477 e. The zero-order valence-corrected chi connectivity index (χ0v) is 34.5. The topological polar surface area (TPSA) is 43.9 Å². The molecule has 1 aliphatic carbocycles. The summed E-state index contributed by atoms with van der Waals surface area (Å²) in [6, 6.07) is 48.1. The molecule has 0 atom stereocenters. The molecule has 0 N–H and O–H groups in total.